The second-order valence-corrected chi connectivity index (χ2v) is 8.00. The van der Waals surface area contributed by atoms with E-state index in [1.807, 2.05) is 41.1 Å². The normalized spacial score (nSPS) is 25.8. The number of hydrogen-bond donors (Lipinski definition) is 0. The van der Waals surface area contributed by atoms with Crippen LogP contribution in [0.4, 0.5) is 0 Å². The summed E-state index contributed by atoms with van der Waals surface area (Å²) in [6.07, 6.45) is 4.21. The second kappa shape index (κ2) is 5.83. The predicted octanol–water partition coefficient (Wildman–Crippen LogP) is 1.99. The van der Waals surface area contributed by atoms with Gasteiger partial charge in [-0.3, -0.25) is 9.59 Å². The fourth-order valence-corrected chi connectivity index (χ4v) is 4.51. The van der Waals surface area contributed by atoms with Gasteiger partial charge in [0.1, 0.15) is 12.4 Å². The van der Waals surface area contributed by atoms with Crippen molar-refractivity contribution in [3.05, 3.63) is 30.1 Å². The van der Waals surface area contributed by atoms with Crippen LogP contribution in [0.2, 0.25) is 0 Å². The number of para-hydroxylation sites is 2. The zero-order valence-corrected chi connectivity index (χ0v) is 15.1. The van der Waals surface area contributed by atoms with Crippen molar-refractivity contribution in [2.24, 2.45) is 5.92 Å². The number of piperidine rings is 1. The lowest BCUT2D eigenvalue weighted by Crippen LogP contribution is -2.45. The molecule has 2 amide bonds. The summed E-state index contributed by atoms with van der Waals surface area (Å²) in [5, 5.41) is 0. The number of benzene rings is 1. The highest BCUT2D eigenvalue weighted by Crippen LogP contribution is 2.40. The van der Waals surface area contributed by atoms with Gasteiger partial charge in [-0.15, -0.1) is 0 Å². The van der Waals surface area contributed by atoms with Crippen molar-refractivity contribution >= 4 is 22.8 Å². The lowest BCUT2D eigenvalue weighted by Gasteiger charge is -2.32. The van der Waals surface area contributed by atoms with Crippen molar-refractivity contribution in [2.45, 2.75) is 44.2 Å². The van der Waals surface area contributed by atoms with Crippen LogP contribution in [0, 0.1) is 5.92 Å². The number of amides is 2. The average molecular weight is 352 g/mol. The molecule has 6 nitrogen and oxygen atoms in total. The highest BCUT2D eigenvalue weighted by Gasteiger charge is 2.40. The van der Waals surface area contributed by atoms with Crippen molar-refractivity contribution in [3.8, 4) is 0 Å². The third kappa shape index (κ3) is 2.50. The number of aromatic nitrogens is 2. The maximum Gasteiger partial charge on any atom is 0.242 e. The van der Waals surface area contributed by atoms with Crippen LogP contribution in [0.1, 0.15) is 37.4 Å². The van der Waals surface area contributed by atoms with Gasteiger partial charge < -0.3 is 14.4 Å². The summed E-state index contributed by atoms with van der Waals surface area (Å²) < 4.78 is 2.10. The van der Waals surface area contributed by atoms with Crippen LogP contribution in [0.3, 0.4) is 0 Å². The Morgan fingerprint density at radius 2 is 1.88 bits per heavy atom. The molecule has 0 N–H and O–H groups in total. The van der Waals surface area contributed by atoms with Crippen LogP contribution in [-0.2, 0) is 16.1 Å². The van der Waals surface area contributed by atoms with Gasteiger partial charge in [0.05, 0.1) is 17.0 Å². The number of imidazole rings is 1. The van der Waals surface area contributed by atoms with Gasteiger partial charge >= 0.3 is 0 Å². The molecule has 3 aliphatic heterocycles. The molecular weight excluding hydrogens is 328 g/mol. The molecule has 136 valence electrons. The van der Waals surface area contributed by atoms with Gasteiger partial charge in [0.15, 0.2) is 0 Å². The van der Waals surface area contributed by atoms with Crippen molar-refractivity contribution in [1.82, 2.24) is 19.4 Å². The maximum absolute atomic E-state index is 13.1. The largest absolute Gasteiger partial charge is 0.341 e. The molecule has 2 atom stereocenters. The minimum atomic E-state index is -0.0369. The smallest absolute Gasteiger partial charge is 0.242 e. The number of hydrogen-bond acceptors (Lipinski definition) is 3. The Balaban J connectivity index is 1.43. The Morgan fingerprint density at radius 3 is 2.69 bits per heavy atom. The van der Waals surface area contributed by atoms with Crippen molar-refractivity contribution in [2.75, 3.05) is 20.1 Å². The number of carbonyl (C=O) groups excluding carboxylic acids is 2. The molecular formula is C20H24N4O2. The van der Waals surface area contributed by atoms with E-state index < -0.39 is 0 Å². The first-order chi connectivity index (χ1) is 12.6. The Morgan fingerprint density at radius 1 is 1.12 bits per heavy atom. The summed E-state index contributed by atoms with van der Waals surface area (Å²) in [6, 6.07) is 8.22. The van der Waals surface area contributed by atoms with Crippen LogP contribution in [-0.4, -0.2) is 57.3 Å². The molecule has 2 aromatic rings. The molecule has 3 saturated heterocycles. The van der Waals surface area contributed by atoms with E-state index in [2.05, 4.69) is 4.57 Å². The lowest BCUT2D eigenvalue weighted by atomic mass is 9.95. The Kier molecular flexibility index (Phi) is 3.55. The van der Waals surface area contributed by atoms with Crippen LogP contribution >= 0.6 is 0 Å². The molecule has 0 unspecified atom stereocenters. The minimum absolute atomic E-state index is 0.0369. The van der Waals surface area contributed by atoms with E-state index in [0.29, 0.717) is 25.6 Å². The molecule has 1 aromatic carbocycles. The molecule has 1 saturated carbocycles. The van der Waals surface area contributed by atoms with Crippen molar-refractivity contribution < 1.29 is 9.59 Å². The third-order valence-corrected chi connectivity index (χ3v) is 6.24. The molecule has 2 bridgehead atoms. The second-order valence-electron chi connectivity index (χ2n) is 8.00. The molecule has 1 aromatic heterocycles. The zero-order valence-electron chi connectivity index (χ0n) is 15.1. The van der Waals surface area contributed by atoms with Crippen LogP contribution < -0.4 is 0 Å². The van der Waals surface area contributed by atoms with E-state index >= 15 is 0 Å². The van der Waals surface area contributed by atoms with E-state index in [-0.39, 0.29) is 23.8 Å². The standard InChI is InChI=1S/C20H24N4O2/c1-22-15-9-8-14(20(22)26)10-23(11-15)18(25)12-24-17-5-3-2-4-16(17)21-19(24)13-6-7-13/h2-5,13-15H,6-12H2,1H3/t14-,15+/m0/s1. The van der Waals surface area contributed by atoms with Crippen LogP contribution in [0.25, 0.3) is 11.0 Å². The molecule has 0 spiro atoms. The predicted molar refractivity (Wildman–Crippen MR) is 97.6 cm³/mol. The quantitative estimate of drug-likeness (QED) is 0.849. The Bertz CT molecular complexity index is 885. The Hall–Kier alpha value is -2.37. The molecule has 4 heterocycles. The molecule has 0 radical (unpaired) electrons. The summed E-state index contributed by atoms with van der Waals surface area (Å²) in [6.45, 7) is 1.54. The van der Waals surface area contributed by atoms with Gasteiger partial charge in [-0.1, -0.05) is 12.1 Å². The number of fused-ring (bicyclic) bond motifs is 5. The van der Waals surface area contributed by atoms with E-state index in [1.54, 1.807) is 0 Å². The highest BCUT2D eigenvalue weighted by atomic mass is 16.2. The van der Waals surface area contributed by atoms with Gasteiger partial charge in [-0.2, -0.15) is 0 Å². The monoisotopic (exact) mass is 352 g/mol. The first-order valence-electron chi connectivity index (χ1n) is 9.61. The average Bonchev–Trinajstić information content (AvgIpc) is 3.46. The zero-order chi connectivity index (χ0) is 17.8. The van der Waals surface area contributed by atoms with Crippen LogP contribution in [0.5, 0.6) is 0 Å². The van der Waals surface area contributed by atoms with E-state index in [1.165, 1.54) is 0 Å². The maximum atomic E-state index is 13.1. The molecule has 1 aliphatic carbocycles. The SMILES string of the molecule is CN1C(=O)[C@H]2CC[C@@H]1CN(C(=O)Cn1c(C3CC3)nc3ccccc31)C2. The molecule has 6 heteroatoms. The van der Waals surface area contributed by atoms with Gasteiger partial charge in [0, 0.05) is 32.1 Å². The summed E-state index contributed by atoms with van der Waals surface area (Å²) in [4.78, 5) is 34.1. The first-order valence-corrected chi connectivity index (χ1v) is 9.61. The number of nitrogens with zero attached hydrogens (tertiary/aromatic N) is 4. The molecule has 4 fully saturated rings. The number of likely N-dealkylation sites (N-methyl/N-ethyl adjacent to an activating group) is 1. The molecule has 26 heavy (non-hydrogen) atoms. The van der Waals surface area contributed by atoms with Crippen molar-refractivity contribution in [1.29, 1.82) is 0 Å². The van der Waals surface area contributed by atoms with E-state index in [0.717, 1.165) is 42.5 Å². The van der Waals surface area contributed by atoms with Crippen LogP contribution in [0.15, 0.2) is 24.3 Å². The van der Waals surface area contributed by atoms with Gasteiger partial charge in [0.2, 0.25) is 11.8 Å². The van der Waals surface area contributed by atoms with Crippen molar-refractivity contribution in [3.63, 3.8) is 0 Å². The topological polar surface area (TPSA) is 58.4 Å². The van der Waals surface area contributed by atoms with E-state index in [4.69, 9.17) is 4.98 Å². The summed E-state index contributed by atoms with van der Waals surface area (Å²) in [5.41, 5.74) is 2.00. The lowest BCUT2D eigenvalue weighted by molar-refractivity contribution is -0.138. The minimum Gasteiger partial charge on any atom is -0.341 e. The first kappa shape index (κ1) is 15.9. The Labute approximate surface area is 152 Å². The highest BCUT2D eigenvalue weighted by molar-refractivity contribution is 5.84. The van der Waals surface area contributed by atoms with Gasteiger partial charge in [-0.05, 0) is 37.8 Å². The van der Waals surface area contributed by atoms with Gasteiger partial charge in [0.25, 0.3) is 0 Å². The van der Waals surface area contributed by atoms with Gasteiger partial charge in [-0.25, -0.2) is 4.98 Å². The number of rotatable bonds is 3. The summed E-state index contributed by atoms with van der Waals surface area (Å²) >= 11 is 0. The summed E-state index contributed by atoms with van der Waals surface area (Å²) in [7, 11) is 1.88. The molecule has 4 aliphatic rings. The fourth-order valence-electron chi connectivity index (χ4n) is 4.51. The third-order valence-electron chi connectivity index (χ3n) is 6.24. The van der Waals surface area contributed by atoms with E-state index in [9.17, 15) is 9.59 Å². The molecule has 6 rings (SSSR count). The summed E-state index contributed by atoms with van der Waals surface area (Å²) in [5.74, 6) is 1.80. The number of carbonyl (C=O) groups is 2. The fraction of sp³-hybridized carbons (Fsp3) is 0.550.